The van der Waals surface area contributed by atoms with E-state index < -0.39 is 16.0 Å². The number of nitrogens with one attached hydrogen (secondary N) is 1. The summed E-state index contributed by atoms with van der Waals surface area (Å²) in [5.74, 6) is -1.12. The first kappa shape index (κ1) is 22.9. The fraction of sp³-hybridized carbons (Fsp3) is 0.583. The topological polar surface area (TPSA) is 97.6 Å². The van der Waals surface area contributed by atoms with E-state index in [-0.39, 0.29) is 27.9 Å². The molecule has 1 aromatic rings. The van der Waals surface area contributed by atoms with Crippen LogP contribution in [0.25, 0.3) is 5.32 Å². The van der Waals surface area contributed by atoms with Gasteiger partial charge in [-0.2, -0.15) is 0 Å². The zero-order chi connectivity index (χ0) is 15.9. The van der Waals surface area contributed by atoms with Gasteiger partial charge in [-0.25, -0.2) is 17.9 Å². The van der Waals surface area contributed by atoms with Gasteiger partial charge in [0.25, 0.3) is 0 Å². The number of carbonyl (C=O) groups is 1. The van der Waals surface area contributed by atoms with E-state index in [0.29, 0.717) is 12.1 Å². The molecule has 0 aliphatic heterocycles. The molecule has 0 saturated carbocycles. The van der Waals surface area contributed by atoms with Gasteiger partial charge in [0.15, 0.2) is 0 Å². The van der Waals surface area contributed by atoms with E-state index in [1.165, 1.54) is 19.2 Å². The minimum absolute atomic E-state index is 0. The molecule has 1 heterocycles. The Balaban J connectivity index is 0. The van der Waals surface area contributed by atoms with Crippen molar-refractivity contribution in [3.05, 3.63) is 22.3 Å². The van der Waals surface area contributed by atoms with Gasteiger partial charge in [0.1, 0.15) is 9.09 Å². The average molecular weight is 328 g/mol. The minimum atomic E-state index is -3.51. The number of carboxylic acid groups (broad SMARTS) is 1. The molecule has 0 atom stereocenters. The van der Waals surface area contributed by atoms with Crippen molar-refractivity contribution in [3.63, 3.8) is 0 Å². The minimum Gasteiger partial charge on any atom is -0.658 e. The molecule has 1 rings (SSSR count). The summed E-state index contributed by atoms with van der Waals surface area (Å²) in [4.78, 5) is 10.4. The predicted octanol–water partition coefficient (Wildman–Crippen LogP) is -0.465. The van der Waals surface area contributed by atoms with E-state index >= 15 is 0 Å². The molecule has 2 N–H and O–H groups in total. The molecule has 0 unspecified atom stereocenters. The first-order valence-electron chi connectivity index (χ1n) is 6.06. The summed E-state index contributed by atoms with van der Waals surface area (Å²) in [6.45, 7) is 8.39. The maximum atomic E-state index is 11.1. The maximum absolute atomic E-state index is 11.1. The smallest absolute Gasteiger partial charge is 0.658 e. The largest absolute Gasteiger partial charge is 1.00 e. The van der Waals surface area contributed by atoms with Gasteiger partial charge in [-0.05, 0) is 19.2 Å². The maximum Gasteiger partial charge on any atom is 1.00 e. The van der Waals surface area contributed by atoms with E-state index in [0.717, 1.165) is 11.3 Å². The van der Waals surface area contributed by atoms with E-state index in [2.05, 4.69) is 37.7 Å². The molecular weight excluding hydrogens is 307 g/mol. The third-order valence-electron chi connectivity index (χ3n) is 1.92. The average Bonchev–Trinajstić information content (AvgIpc) is 2.77. The van der Waals surface area contributed by atoms with Gasteiger partial charge in [0.05, 0.1) is 0 Å². The Morgan fingerprint density at radius 1 is 1.24 bits per heavy atom. The van der Waals surface area contributed by atoms with Crippen molar-refractivity contribution in [2.75, 3.05) is 7.05 Å². The molecular formula is C12H21LiN2O4S2. The molecule has 21 heavy (non-hydrogen) atoms. The van der Waals surface area contributed by atoms with Crippen LogP contribution in [0.15, 0.2) is 16.3 Å². The van der Waals surface area contributed by atoms with Gasteiger partial charge in [0.2, 0.25) is 10.0 Å². The normalized spacial score (nSPS) is 10.8. The summed E-state index contributed by atoms with van der Waals surface area (Å²) in [7, 11) is -2.23. The van der Waals surface area contributed by atoms with Crippen LogP contribution in [-0.4, -0.2) is 38.6 Å². The Labute approximate surface area is 142 Å². The molecule has 0 aliphatic rings. The first-order chi connectivity index (χ1) is 9.10. The number of nitrogens with zero attached hydrogens (tertiary/aromatic N) is 1. The molecule has 0 amide bonds. The molecule has 0 fully saturated rings. The number of hydrogen-bond donors (Lipinski definition) is 2. The van der Waals surface area contributed by atoms with Crippen LogP contribution >= 0.6 is 11.3 Å². The quantitative estimate of drug-likeness (QED) is 0.715. The summed E-state index contributed by atoms with van der Waals surface area (Å²) < 4.78 is 24.4. The predicted molar refractivity (Wildman–Crippen MR) is 81.2 cm³/mol. The summed E-state index contributed by atoms with van der Waals surface area (Å²) in [6, 6.07) is 3.52. The molecule has 0 bridgehead atoms. The van der Waals surface area contributed by atoms with E-state index in [1.54, 1.807) is 0 Å². The van der Waals surface area contributed by atoms with Crippen molar-refractivity contribution in [2.45, 2.75) is 44.0 Å². The van der Waals surface area contributed by atoms with Gasteiger partial charge >= 0.3 is 24.8 Å². The summed E-state index contributed by atoms with van der Waals surface area (Å²) in [5, 5.41) is 12.8. The third-order valence-corrected chi connectivity index (χ3v) is 4.90. The molecule has 0 saturated heterocycles. The van der Waals surface area contributed by atoms with Crippen molar-refractivity contribution < 1.29 is 37.2 Å². The van der Waals surface area contributed by atoms with Crippen LogP contribution in [0.1, 0.15) is 37.4 Å². The number of rotatable bonds is 5. The number of carboxylic acids is 1. The van der Waals surface area contributed by atoms with Crippen LogP contribution in [0.3, 0.4) is 0 Å². The molecule has 0 radical (unpaired) electrons. The van der Waals surface area contributed by atoms with Crippen LogP contribution in [0.2, 0.25) is 0 Å². The van der Waals surface area contributed by atoms with Crippen molar-refractivity contribution in [3.8, 4) is 0 Å². The second kappa shape index (κ2) is 10.4. The fourth-order valence-electron chi connectivity index (χ4n) is 1.28. The Morgan fingerprint density at radius 3 is 1.95 bits per heavy atom. The fourth-order valence-corrected chi connectivity index (χ4v) is 3.26. The van der Waals surface area contributed by atoms with Crippen LogP contribution in [0.4, 0.5) is 0 Å². The summed E-state index contributed by atoms with van der Waals surface area (Å²) in [5.41, 5.74) is 0. The van der Waals surface area contributed by atoms with Gasteiger partial charge in [0, 0.05) is 0 Å². The molecule has 1 aromatic heterocycles. The van der Waals surface area contributed by atoms with Gasteiger partial charge in [-0.1, -0.05) is 27.7 Å². The second-order valence-electron chi connectivity index (χ2n) is 4.47. The number of thiophene rings is 1. The summed E-state index contributed by atoms with van der Waals surface area (Å²) in [6.07, 6.45) is 0. The molecule has 0 aliphatic carbocycles. The molecule has 116 valence electrons. The second-order valence-corrected chi connectivity index (χ2v) is 7.67. The standard InChI is InChI=1S/C6H7NO4S2.C6H14N.Li/c1-7-13(10,11)5-3-2-4(12-5)6(8)9;1-5(2)7-6(3)4;/h2-3,7H,1H3,(H,8,9);5-6H,1-4H3;/q;-1;+1. The molecule has 0 aromatic carbocycles. The van der Waals surface area contributed by atoms with Crippen molar-refractivity contribution >= 4 is 27.3 Å². The molecule has 9 heteroatoms. The zero-order valence-corrected chi connectivity index (χ0v) is 14.9. The van der Waals surface area contributed by atoms with Crippen LogP contribution in [0, 0.1) is 0 Å². The SMILES string of the molecule is CC(C)[N-]C(C)C.CNS(=O)(=O)c1ccc(C(=O)O)s1.[Li+]. The van der Waals surface area contributed by atoms with E-state index in [4.69, 9.17) is 5.11 Å². The third kappa shape index (κ3) is 9.29. The Hall–Kier alpha value is -0.363. The van der Waals surface area contributed by atoms with Crippen LogP contribution in [-0.2, 0) is 10.0 Å². The van der Waals surface area contributed by atoms with E-state index in [1.807, 2.05) is 0 Å². The van der Waals surface area contributed by atoms with Crippen LogP contribution < -0.4 is 23.6 Å². The first-order valence-corrected chi connectivity index (χ1v) is 8.36. The van der Waals surface area contributed by atoms with E-state index in [9.17, 15) is 13.2 Å². The van der Waals surface area contributed by atoms with Crippen molar-refractivity contribution in [2.24, 2.45) is 0 Å². The van der Waals surface area contributed by atoms with Crippen molar-refractivity contribution in [1.82, 2.24) is 4.72 Å². The molecule has 0 spiro atoms. The number of hydrogen-bond acceptors (Lipinski definition) is 4. The number of sulfonamides is 1. The van der Waals surface area contributed by atoms with Crippen LogP contribution in [0.5, 0.6) is 0 Å². The van der Waals surface area contributed by atoms with Gasteiger partial charge in [-0.15, -0.1) is 23.4 Å². The monoisotopic (exact) mass is 328 g/mol. The van der Waals surface area contributed by atoms with Crippen molar-refractivity contribution in [1.29, 1.82) is 0 Å². The Morgan fingerprint density at radius 2 is 1.71 bits per heavy atom. The Bertz CT molecular complexity index is 521. The van der Waals surface area contributed by atoms with Gasteiger partial charge < -0.3 is 10.4 Å². The molecule has 6 nitrogen and oxygen atoms in total. The Kier molecular flexibility index (Phi) is 11.3. The number of aromatic carboxylic acids is 1. The van der Waals surface area contributed by atoms with Gasteiger partial charge in [-0.3, -0.25) is 0 Å². The zero-order valence-electron chi connectivity index (χ0n) is 13.2. The summed E-state index contributed by atoms with van der Waals surface area (Å²) >= 11 is 0.722.